The summed E-state index contributed by atoms with van der Waals surface area (Å²) in [6, 6.07) is 27.2. The van der Waals surface area contributed by atoms with Crippen molar-refractivity contribution in [2.45, 2.75) is 77.5 Å². The molecule has 1 N–H and O–H groups in total. The number of benzene rings is 4. The normalized spacial score (nSPS) is 14.4. The number of likely N-dealkylation sites (tertiary alicyclic amines) is 2. The average Bonchev–Trinajstić information content (AvgIpc) is 4.04. The Morgan fingerprint density at radius 2 is 0.957 bits per heavy atom. The average molecular weight is 1040 g/mol. The third-order valence-electron chi connectivity index (χ3n) is 10.8. The van der Waals surface area contributed by atoms with Gasteiger partial charge in [-0.2, -0.15) is 19.6 Å². The number of carboxylic acids is 1. The number of aromatic carboxylic acids is 1. The maximum atomic E-state index is 12.8. The van der Waals surface area contributed by atoms with E-state index in [4.69, 9.17) is 75.2 Å². The van der Waals surface area contributed by atoms with Gasteiger partial charge in [0.25, 0.3) is 0 Å². The third-order valence-corrected chi connectivity index (χ3v) is 11.7. The fourth-order valence-electron chi connectivity index (χ4n) is 7.36. The zero-order valence-electron chi connectivity index (χ0n) is 38.4. The van der Waals surface area contributed by atoms with Crippen molar-refractivity contribution in [1.82, 2.24) is 29.4 Å². The monoisotopic (exact) mass is 1030 g/mol. The molecule has 0 unspecified atom stereocenters. The van der Waals surface area contributed by atoms with Crippen molar-refractivity contribution in [1.29, 1.82) is 0 Å². The molecule has 2 fully saturated rings. The van der Waals surface area contributed by atoms with Crippen LogP contribution in [0.3, 0.4) is 0 Å². The molecule has 2 aromatic heterocycles. The molecule has 16 nitrogen and oxygen atoms in total. The molecule has 4 heterocycles. The molecule has 2 aliphatic heterocycles. The fraction of sp³-hybridized carbons (Fsp3) is 0.320. The van der Waals surface area contributed by atoms with Crippen LogP contribution < -0.4 is 9.47 Å². The highest BCUT2D eigenvalue weighted by Crippen LogP contribution is 2.30. The molecule has 2 amide bonds. The number of amides is 2. The summed E-state index contributed by atoms with van der Waals surface area (Å²) < 4.78 is 31.4. The van der Waals surface area contributed by atoms with E-state index >= 15 is 0 Å². The van der Waals surface area contributed by atoms with Gasteiger partial charge in [-0.3, -0.25) is 0 Å². The minimum Gasteiger partial charge on any atom is -0.476 e. The van der Waals surface area contributed by atoms with Gasteiger partial charge in [0.2, 0.25) is 0 Å². The zero-order chi connectivity index (χ0) is 50.0. The predicted octanol–water partition coefficient (Wildman–Crippen LogP) is 11.9. The molecule has 0 spiro atoms. The fourth-order valence-corrected chi connectivity index (χ4v) is 8.11. The van der Waals surface area contributed by atoms with E-state index in [1.807, 2.05) is 24.3 Å². The predicted molar refractivity (Wildman–Crippen MR) is 263 cm³/mol. The number of ether oxygens (including phenoxy) is 5. The van der Waals surface area contributed by atoms with E-state index in [-0.39, 0.29) is 35.7 Å². The van der Waals surface area contributed by atoms with Gasteiger partial charge in [0.15, 0.2) is 11.4 Å². The number of esters is 1. The lowest BCUT2D eigenvalue weighted by Gasteiger charge is -2.31. The van der Waals surface area contributed by atoms with E-state index in [2.05, 4.69) is 10.2 Å². The summed E-state index contributed by atoms with van der Waals surface area (Å²) in [5.41, 5.74) is 1.07. The molecule has 8 rings (SSSR count). The Balaban J connectivity index is 0.000000208. The number of carboxylic acid groups (broad SMARTS) is 1. The maximum Gasteiger partial charge on any atom is 0.359 e. The molecular weight excluding hydrogens is 986 g/mol. The van der Waals surface area contributed by atoms with E-state index in [0.29, 0.717) is 108 Å². The van der Waals surface area contributed by atoms with E-state index < -0.39 is 17.5 Å². The molecule has 368 valence electrons. The molecule has 6 aromatic rings. The summed E-state index contributed by atoms with van der Waals surface area (Å²) in [6.07, 6.45) is 5.51. The first kappa shape index (κ1) is 51.7. The number of nitrogens with zero attached hydrogens (tertiary/aromatic N) is 6. The molecule has 0 bridgehead atoms. The summed E-state index contributed by atoms with van der Waals surface area (Å²) in [5, 5.41) is 19.2. The summed E-state index contributed by atoms with van der Waals surface area (Å²) in [5.74, 6) is 0.789. The number of hydrogen-bond acceptors (Lipinski definition) is 11. The quantitative estimate of drug-likeness (QED) is 0.115. The van der Waals surface area contributed by atoms with E-state index in [1.54, 1.807) is 91.2 Å². The summed E-state index contributed by atoms with van der Waals surface area (Å²) in [4.78, 5) is 51.8. The first-order valence-electron chi connectivity index (χ1n) is 22.3. The number of carbonyl (C=O) groups excluding carboxylic acids is 3. The van der Waals surface area contributed by atoms with Crippen LogP contribution in [0.2, 0.25) is 20.1 Å². The Kier molecular flexibility index (Phi) is 17.5. The van der Waals surface area contributed by atoms with Crippen LogP contribution in [-0.4, -0.2) is 102 Å². The van der Waals surface area contributed by atoms with Crippen LogP contribution in [0.5, 0.6) is 23.0 Å². The van der Waals surface area contributed by atoms with Gasteiger partial charge in [-0.1, -0.05) is 46.4 Å². The molecule has 2 aliphatic rings. The van der Waals surface area contributed by atoms with E-state index in [0.717, 1.165) is 15.8 Å². The number of hydrogen-bond donors (Lipinski definition) is 1. The molecule has 0 saturated carbocycles. The highest BCUT2D eigenvalue weighted by Gasteiger charge is 2.28. The largest absolute Gasteiger partial charge is 0.476 e. The van der Waals surface area contributed by atoms with Crippen molar-refractivity contribution in [3.8, 4) is 23.0 Å². The number of aromatic nitrogens is 4. The number of piperidine rings is 2. The molecule has 0 aliphatic carbocycles. The van der Waals surface area contributed by atoms with Gasteiger partial charge in [-0.05, 0) is 155 Å². The minimum atomic E-state index is -1.17. The Morgan fingerprint density at radius 1 is 0.557 bits per heavy atom. The molecule has 2 saturated heterocycles. The SMILES string of the molecule is CC(C)(C)OC(=O)c1ccn(C(=O)N2CCC(OCc3cc(Cl)cc(Oc4ccc(Cl)cc4)c3)CC2)n1.O=C(O)c1ccn(C(=O)N2CCC(OCc3cc(Cl)cc(Oc4ccc(Cl)cc4)c3)CC2)n1. The highest BCUT2D eigenvalue weighted by atomic mass is 35.5. The Hall–Kier alpha value is -6.14. The van der Waals surface area contributed by atoms with Crippen molar-refractivity contribution < 1.29 is 48.0 Å². The van der Waals surface area contributed by atoms with Crippen LogP contribution in [0.25, 0.3) is 0 Å². The van der Waals surface area contributed by atoms with Crippen molar-refractivity contribution in [2.24, 2.45) is 0 Å². The summed E-state index contributed by atoms with van der Waals surface area (Å²) in [6.45, 7) is 8.08. The van der Waals surface area contributed by atoms with Gasteiger partial charge in [-0.25, -0.2) is 19.2 Å². The van der Waals surface area contributed by atoms with Gasteiger partial charge >= 0.3 is 24.0 Å². The van der Waals surface area contributed by atoms with Crippen LogP contribution in [0.1, 0.15) is 78.6 Å². The Morgan fingerprint density at radius 3 is 1.34 bits per heavy atom. The molecule has 70 heavy (non-hydrogen) atoms. The lowest BCUT2D eigenvalue weighted by atomic mass is 10.1. The molecular formula is C50H50Cl4N6O10. The zero-order valence-corrected chi connectivity index (χ0v) is 41.5. The smallest absolute Gasteiger partial charge is 0.359 e. The van der Waals surface area contributed by atoms with Crippen LogP contribution in [-0.2, 0) is 27.4 Å². The first-order chi connectivity index (χ1) is 33.4. The lowest BCUT2D eigenvalue weighted by Crippen LogP contribution is -2.43. The number of carbonyl (C=O) groups is 4. The van der Waals surface area contributed by atoms with E-state index in [1.165, 1.54) is 29.2 Å². The molecule has 20 heteroatoms. The second-order valence-electron chi connectivity index (χ2n) is 17.4. The van der Waals surface area contributed by atoms with Gasteiger partial charge in [0, 0.05) is 58.7 Å². The van der Waals surface area contributed by atoms with Crippen molar-refractivity contribution in [2.75, 3.05) is 26.2 Å². The second-order valence-corrected chi connectivity index (χ2v) is 19.1. The van der Waals surface area contributed by atoms with Gasteiger partial charge in [-0.15, -0.1) is 0 Å². The van der Waals surface area contributed by atoms with Crippen molar-refractivity contribution >= 4 is 70.4 Å². The standard InChI is InChI=1S/C27H29Cl2N3O5.C23H21Cl2N3O5/c1-27(2,3)37-25(33)24-10-13-32(30-24)26(34)31-11-8-21(9-12-31)35-17-18-14-20(29)16-23(15-18)36-22-6-4-19(28)5-7-22;24-16-1-3-19(4-2-16)33-20-12-15(11-17(25)13-20)14-32-18-5-8-27(9-6-18)23(31)28-10-7-21(26-28)22(29)30/h4-7,10,13-16,21H,8-9,11-12,17H2,1-3H3;1-4,7,10-13,18H,5-6,8-9,14H2,(H,29,30). The van der Waals surface area contributed by atoms with Gasteiger partial charge in [0.05, 0.1) is 25.4 Å². The minimum absolute atomic E-state index is 0.00129. The Bertz CT molecular complexity index is 2760. The van der Waals surface area contributed by atoms with Crippen LogP contribution in [0.15, 0.2) is 109 Å². The van der Waals surface area contributed by atoms with Crippen molar-refractivity contribution in [3.63, 3.8) is 0 Å². The van der Waals surface area contributed by atoms with Crippen LogP contribution >= 0.6 is 46.4 Å². The van der Waals surface area contributed by atoms with Crippen LogP contribution in [0.4, 0.5) is 9.59 Å². The third kappa shape index (κ3) is 15.2. The first-order valence-corrected chi connectivity index (χ1v) is 23.8. The number of rotatable bonds is 12. The van der Waals surface area contributed by atoms with Gasteiger partial charge in [0.1, 0.15) is 28.6 Å². The number of halogens is 4. The lowest BCUT2D eigenvalue weighted by molar-refractivity contribution is 0.00398. The highest BCUT2D eigenvalue weighted by molar-refractivity contribution is 6.31. The molecule has 0 radical (unpaired) electrons. The molecule has 4 aromatic carbocycles. The topological polar surface area (TPSA) is 177 Å². The summed E-state index contributed by atoms with van der Waals surface area (Å²) >= 11 is 24.4. The molecule has 0 atom stereocenters. The second kappa shape index (κ2) is 23.6. The van der Waals surface area contributed by atoms with Gasteiger partial charge < -0.3 is 38.6 Å². The Labute approximate surface area is 424 Å². The summed E-state index contributed by atoms with van der Waals surface area (Å²) in [7, 11) is 0. The van der Waals surface area contributed by atoms with E-state index in [9.17, 15) is 19.2 Å². The van der Waals surface area contributed by atoms with Crippen molar-refractivity contribution in [3.05, 3.63) is 152 Å². The van der Waals surface area contributed by atoms with Crippen LogP contribution in [0, 0.1) is 0 Å². The maximum absolute atomic E-state index is 12.8.